The zero-order valence-corrected chi connectivity index (χ0v) is 18.8. The second-order valence-corrected chi connectivity index (χ2v) is 8.65. The quantitative estimate of drug-likeness (QED) is 0.278. The van der Waals surface area contributed by atoms with Crippen LogP contribution in [0.25, 0.3) is 22.7 Å². The highest BCUT2D eigenvalue weighted by Gasteiger charge is 2.21. The van der Waals surface area contributed by atoms with E-state index in [1.807, 2.05) is 36.4 Å². The minimum absolute atomic E-state index is 0.264. The molecule has 162 valence electrons. The number of hydrogen-bond donors (Lipinski definition) is 1. The highest BCUT2D eigenvalue weighted by molar-refractivity contribution is 6.21. The number of fused-ring (bicyclic) bond motifs is 3. The summed E-state index contributed by atoms with van der Waals surface area (Å²) in [4.78, 5) is 6.68. The van der Waals surface area contributed by atoms with Crippen LogP contribution in [0.2, 0.25) is 0 Å². The van der Waals surface area contributed by atoms with Gasteiger partial charge in [-0.25, -0.2) is 4.98 Å². The van der Waals surface area contributed by atoms with E-state index in [9.17, 15) is 0 Å². The smallest absolute Gasteiger partial charge is 0.138 e. The number of benzene rings is 2. The number of aryl methyl sites for hydroxylation is 1. The van der Waals surface area contributed by atoms with Gasteiger partial charge in [-0.3, -0.25) is 4.90 Å². The molecule has 1 unspecified atom stereocenters. The van der Waals surface area contributed by atoms with Gasteiger partial charge in [-0.2, -0.15) is 0 Å². The van der Waals surface area contributed by atoms with Crippen LogP contribution in [0, 0.1) is 0 Å². The minimum atomic E-state index is -0.264. The van der Waals surface area contributed by atoms with Gasteiger partial charge in [-0.1, -0.05) is 48.0 Å². The van der Waals surface area contributed by atoms with Crippen molar-refractivity contribution in [2.75, 3.05) is 4.90 Å². The van der Waals surface area contributed by atoms with Gasteiger partial charge in [-0.05, 0) is 79.1 Å². The van der Waals surface area contributed by atoms with Gasteiger partial charge in [0, 0.05) is 28.7 Å². The summed E-state index contributed by atoms with van der Waals surface area (Å²) in [5.74, 6) is 1.71. The Morgan fingerprint density at radius 1 is 1.00 bits per heavy atom. The average molecular weight is 451 g/mol. The molecule has 0 radical (unpaired) electrons. The van der Waals surface area contributed by atoms with Crippen LogP contribution in [-0.4, -0.2) is 15.1 Å². The molecule has 2 aromatic carbocycles. The number of rotatable bonds is 4. The second-order valence-electron chi connectivity index (χ2n) is 8.18. The van der Waals surface area contributed by atoms with Crippen LogP contribution in [-0.2, 0) is 6.42 Å². The molecular formula is C28H23ClN4. The highest BCUT2D eigenvalue weighted by Crippen LogP contribution is 2.35. The van der Waals surface area contributed by atoms with Gasteiger partial charge in [0.15, 0.2) is 0 Å². The van der Waals surface area contributed by atoms with Gasteiger partial charge in [0.2, 0.25) is 0 Å². The zero-order chi connectivity index (χ0) is 22.2. The third-order valence-electron chi connectivity index (χ3n) is 6.16. The molecule has 1 atom stereocenters. The summed E-state index contributed by atoms with van der Waals surface area (Å²) in [6.07, 6.45) is 14.4. The minimum Gasteiger partial charge on any atom is -0.352 e. The van der Waals surface area contributed by atoms with Crippen LogP contribution in [0.5, 0.6) is 0 Å². The monoisotopic (exact) mass is 450 g/mol. The number of allylic oxidation sites excluding steroid dienone is 3. The third kappa shape index (κ3) is 3.53. The molecule has 33 heavy (non-hydrogen) atoms. The van der Waals surface area contributed by atoms with Crippen LogP contribution >= 0.6 is 11.6 Å². The molecule has 6 rings (SSSR count). The topological polar surface area (TPSA) is 33.1 Å². The summed E-state index contributed by atoms with van der Waals surface area (Å²) < 4.78 is 2.37. The van der Waals surface area contributed by atoms with Gasteiger partial charge in [0.05, 0.1) is 5.52 Å². The SMILES string of the molecule is ClC1C=CC=C(N(c2ccc(-n3c4c(c5ccccc53)CCC=C4)cc2)c2ccccn2)N1. The Hall–Kier alpha value is -3.76. The summed E-state index contributed by atoms with van der Waals surface area (Å²) in [5, 5.41) is 4.67. The molecule has 2 aromatic heterocycles. The molecule has 0 spiro atoms. The van der Waals surface area contributed by atoms with E-state index in [4.69, 9.17) is 11.6 Å². The standard InChI is InChI=1S/C28H23ClN4/c29-26-12-7-14-28(31-26)33(27-13-5-6-19-30-27)21-17-15-20(16-18-21)32-24-10-3-1-8-22(24)23-9-2-4-11-25(23)32/h1,3-8,10-19,26,31H,2,9H2. The molecule has 4 nitrogen and oxygen atoms in total. The third-order valence-corrected chi connectivity index (χ3v) is 6.42. The Kier molecular flexibility index (Phi) is 5.00. The van der Waals surface area contributed by atoms with Crippen molar-refractivity contribution in [1.29, 1.82) is 0 Å². The zero-order valence-electron chi connectivity index (χ0n) is 18.0. The van der Waals surface area contributed by atoms with E-state index in [1.54, 1.807) is 6.20 Å². The largest absolute Gasteiger partial charge is 0.352 e. The Bertz CT molecular complexity index is 1400. The lowest BCUT2D eigenvalue weighted by Gasteiger charge is -2.30. The van der Waals surface area contributed by atoms with E-state index < -0.39 is 0 Å². The predicted molar refractivity (Wildman–Crippen MR) is 137 cm³/mol. The first-order chi connectivity index (χ1) is 16.3. The lowest BCUT2D eigenvalue weighted by molar-refractivity contribution is 0.800. The molecule has 0 saturated heterocycles. The first kappa shape index (κ1) is 19.9. The normalized spacial score (nSPS) is 16.9. The lowest BCUT2D eigenvalue weighted by atomic mass is 10.0. The van der Waals surface area contributed by atoms with Crippen molar-refractivity contribution in [3.8, 4) is 5.69 Å². The highest BCUT2D eigenvalue weighted by atomic mass is 35.5. The number of halogens is 1. The van der Waals surface area contributed by atoms with Gasteiger partial charge < -0.3 is 9.88 Å². The number of anilines is 2. The first-order valence-electron chi connectivity index (χ1n) is 11.2. The maximum absolute atomic E-state index is 6.35. The maximum atomic E-state index is 6.35. The molecule has 0 bridgehead atoms. The molecule has 1 aliphatic heterocycles. The molecular weight excluding hydrogens is 428 g/mol. The van der Waals surface area contributed by atoms with Crippen LogP contribution in [0.15, 0.2) is 103 Å². The van der Waals surface area contributed by atoms with Crippen LogP contribution in [0.1, 0.15) is 17.7 Å². The first-order valence-corrected chi connectivity index (χ1v) is 11.6. The number of nitrogens with one attached hydrogen (secondary N) is 1. The molecule has 0 saturated carbocycles. The van der Waals surface area contributed by atoms with E-state index in [0.29, 0.717) is 0 Å². The molecule has 1 N–H and O–H groups in total. The number of pyridine rings is 1. The van der Waals surface area contributed by atoms with Gasteiger partial charge >= 0.3 is 0 Å². The number of alkyl halides is 1. The maximum Gasteiger partial charge on any atom is 0.138 e. The molecule has 0 amide bonds. The summed E-state index contributed by atoms with van der Waals surface area (Å²) in [6, 6.07) is 23.2. The van der Waals surface area contributed by atoms with Crippen LogP contribution < -0.4 is 10.2 Å². The Morgan fingerprint density at radius 3 is 2.67 bits per heavy atom. The van der Waals surface area contributed by atoms with Crippen molar-refractivity contribution in [1.82, 2.24) is 14.9 Å². The number of dihydropyridines is 1. The average Bonchev–Trinajstić information content (AvgIpc) is 3.20. The molecule has 5 heteroatoms. The Morgan fingerprint density at radius 2 is 1.85 bits per heavy atom. The number of nitrogens with zero attached hydrogens (tertiary/aromatic N) is 3. The van der Waals surface area contributed by atoms with Crippen molar-refractivity contribution >= 4 is 40.1 Å². The number of para-hydroxylation sites is 1. The van der Waals surface area contributed by atoms with Crippen molar-refractivity contribution in [2.45, 2.75) is 18.3 Å². The summed E-state index contributed by atoms with van der Waals surface area (Å²) in [5.41, 5.74) is 5.85. The van der Waals surface area contributed by atoms with Crippen molar-refractivity contribution in [3.05, 3.63) is 114 Å². The lowest BCUT2D eigenvalue weighted by Crippen LogP contribution is -2.34. The summed E-state index contributed by atoms with van der Waals surface area (Å²) in [7, 11) is 0. The molecule has 2 aliphatic rings. The van der Waals surface area contributed by atoms with E-state index in [0.717, 1.165) is 35.9 Å². The summed E-state index contributed by atoms with van der Waals surface area (Å²) in [6.45, 7) is 0. The fraction of sp³-hybridized carbons (Fsp3) is 0.107. The number of hydrogen-bond acceptors (Lipinski definition) is 3. The molecule has 0 fully saturated rings. The Balaban J connectivity index is 1.45. The predicted octanol–water partition coefficient (Wildman–Crippen LogP) is 6.69. The van der Waals surface area contributed by atoms with Gasteiger partial charge in [-0.15, -0.1) is 0 Å². The summed E-state index contributed by atoms with van der Waals surface area (Å²) >= 11 is 6.35. The van der Waals surface area contributed by atoms with Crippen molar-refractivity contribution in [3.63, 3.8) is 0 Å². The van der Waals surface area contributed by atoms with Gasteiger partial charge in [0.1, 0.15) is 17.1 Å². The van der Waals surface area contributed by atoms with Crippen LogP contribution in [0.4, 0.5) is 11.5 Å². The molecule has 1 aliphatic carbocycles. The molecule has 3 heterocycles. The second kappa shape index (κ2) is 8.30. The van der Waals surface area contributed by atoms with Crippen molar-refractivity contribution in [2.24, 2.45) is 0 Å². The van der Waals surface area contributed by atoms with E-state index >= 15 is 0 Å². The van der Waals surface area contributed by atoms with E-state index in [1.165, 1.54) is 22.2 Å². The molecule has 4 aromatic rings. The fourth-order valence-corrected chi connectivity index (χ4v) is 4.91. The van der Waals surface area contributed by atoms with Crippen molar-refractivity contribution < 1.29 is 0 Å². The van der Waals surface area contributed by atoms with E-state index in [2.05, 4.69) is 80.5 Å². The fourth-order valence-electron chi connectivity index (χ4n) is 4.72. The number of aromatic nitrogens is 2. The van der Waals surface area contributed by atoms with Crippen LogP contribution in [0.3, 0.4) is 0 Å². The Labute approximate surface area is 198 Å². The van der Waals surface area contributed by atoms with Gasteiger partial charge in [0.25, 0.3) is 0 Å². The van der Waals surface area contributed by atoms with E-state index in [-0.39, 0.29) is 5.50 Å².